The van der Waals surface area contributed by atoms with Gasteiger partial charge in [-0.25, -0.2) is 0 Å². The van der Waals surface area contributed by atoms with Crippen LogP contribution in [0.5, 0.6) is 5.75 Å². The van der Waals surface area contributed by atoms with Crippen molar-refractivity contribution in [3.05, 3.63) is 101 Å². The second-order valence-electron chi connectivity index (χ2n) is 7.12. The van der Waals surface area contributed by atoms with Crippen LogP contribution in [0.3, 0.4) is 0 Å². The highest BCUT2D eigenvalue weighted by molar-refractivity contribution is 6.30. The number of benzene rings is 3. The number of carbonyl (C=O) groups is 1. The lowest BCUT2D eigenvalue weighted by Gasteiger charge is -2.30. The molecule has 3 aromatic rings. The van der Waals surface area contributed by atoms with Crippen molar-refractivity contribution in [2.24, 2.45) is 5.92 Å². The van der Waals surface area contributed by atoms with Crippen molar-refractivity contribution in [1.82, 2.24) is 0 Å². The van der Waals surface area contributed by atoms with Crippen molar-refractivity contribution in [3.63, 3.8) is 0 Å². The predicted molar refractivity (Wildman–Crippen MR) is 111 cm³/mol. The summed E-state index contributed by atoms with van der Waals surface area (Å²) in [5, 5.41) is 10.3. The van der Waals surface area contributed by atoms with Crippen LogP contribution in [0.15, 0.2) is 78.9 Å². The first-order valence-corrected chi connectivity index (χ1v) is 9.49. The zero-order chi connectivity index (χ0) is 19.4. The van der Waals surface area contributed by atoms with E-state index in [0.29, 0.717) is 10.6 Å². The largest absolute Gasteiger partial charge is 0.508 e. The van der Waals surface area contributed by atoms with E-state index in [9.17, 15) is 9.90 Å². The van der Waals surface area contributed by atoms with E-state index in [-0.39, 0.29) is 29.3 Å². The van der Waals surface area contributed by atoms with Crippen LogP contribution in [0.25, 0.3) is 0 Å². The van der Waals surface area contributed by atoms with Crippen LogP contribution in [0.2, 0.25) is 5.02 Å². The zero-order valence-corrected chi connectivity index (χ0v) is 16.2. The van der Waals surface area contributed by atoms with E-state index in [4.69, 9.17) is 11.6 Å². The van der Waals surface area contributed by atoms with Gasteiger partial charge in [-0.3, -0.25) is 4.79 Å². The Balaban J connectivity index is 2.11. The molecule has 0 aromatic heterocycles. The average Bonchev–Trinajstić information content (AvgIpc) is 2.67. The first-order valence-electron chi connectivity index (χ1n) is 9.11. The number of ketones is 1. The van der Waals surface area contributed by atoms with Crippen molar-refractivity contribution < 1.29 is 9.90 Å². The zero-order valence-electron chi connectivity index (χ0n) is 15.5. The molecule has 3 aromatic carbocycles. The third kappa shape index (κ3) is 4.40. The van der Waals surface area contributed by atoms with Gasteiger partial charge in [-0.2, -0.15) is 0 Å². The number of phenolic OH excluding ortho intramolecular Hbond substituents is 1. The molecule has 0 heterocycles. The summed E-state index contributed by atoms with van der Waals surface area (Å²) < 4.78 is 0. The minimum Gasteiger partial charge on any atom is -0.508 e. The van der Waals surface area contributed by atoms with Gasteiger partial charge in [-0.15, -0.1) is 0 Å². The van der Waals surface area contributed by atoms with Crippen LogP contribution in [-0.4, -0.2) is 10.9 Å². The number of Topliss-reactive ketones (excluding diaryl/α,β-unsaturated/α-hetero) is 1. The van der Waals surface area contributed by atoms with E-state index in [1.807, 2.05) is 54.6 Å². The number of carbonyl (C=O) groups excluding carboxylic acids is 1. The van der Waals surface area contributed by atoms with Crippen LogP contribution >= 0.6 is 11.6 Å². The van der Waals surface area contributed by atoms with Crippen LogP contribution in [-0.2, 0) is 0 Å². The Labute approximate surface area is 165 Å². The smallest absolute Gasteiger partial charge is 0.170 e. The maximum absolute atomic E-state index is 13.5. The van der Waals surface area contributed by atoms with Gasteiger partial charge in [-0.1, -0.05) is 67.9 Å². The van der Waals surface area contributed by atoms with E-state index in [1.165, 1.54) is 0 Å². The monoisotopic (exact) mass is 378 g/mol. The van der Waals surface area contributed by atoms with E-state index >= 15 is 0 Å². The highest BCUT2D eigenvalue weighted by Crippen LogP contribution is 2.41. The van der Waals surface area contributed by atoms with Gasteiger partial charge in [0, 0.05) is 16.5 Å². The molecule has 0 bridgehead atoms. The van der Waals surface area contributed by atoms with Gasteiger partial charge < -0.3 is 5.11 Å². The lowest BCUT2D eigenvalue weighted by Crippen LogP contribution is -2.24. The normalized spacial score (nSPS) is 13.3. The highest BCUT2D eigenvalue weighted by Gasteiger charge is 2.33. The number of hydrogen-bond donors (Lipinski definition) is 1. The maximum atomic E-state index is 13.5. The van der Waals surface area contributed by atoms with Crippen LogP contribution in [0, 0.1) is 5.92 Å². The molecule has 0 unspecified atom stereocenters. The quantitative estimate of drug-likeness (QED) is 0.500. The molecule has 2 atom stereocenters. The number of phenols is 1. The lowest BCUT2D eigenvalue weighted by molar-refractivity contribution is 0.0936. The average molecular weight is 379 g/mol. The maximum Gasteiger partial charge on any atom is 0.170 e. The van der Waals surface area contributed by atoms with E-state index in [0.717, 1.165) is 11.1 Å². The summed E-state index contributed by atoms with van der Waals surface area (Å²) in [6, 6.07) is 24.2. The molecule has 0 aliphatic carbocycles. The fraction of sp³-hybridized carbons (Fsp3) is 0.208. The molecule has 3 heteroatoms. The Morgan fingerprint density at radius 2 is 1.41 bits per heavy atom. The molecular formula is C24H23ClO2. The number of aromatic hydroxyl groups is 1. The van der Waals surface area contributed by atoms with Gasteiger partial charge in [0.2, 0.25) is 0 Å². The van der Waals surface area contributed by atoms with Gasteiger partial charge in [0.05, 0.1) is 5.92 Å². The summed E-state index contributed by atoms with van der Waals surface area (Å²) in [7, 11) is 0. The standard InChI is InChI=1S/C24H23ClO2/c1-16(2)22(18-8-12-20(25)13-9-18)23(17-6-4-3-5-7-17)24(27)19-10-14-21(26)15-11-19/h3-16,22-23,26H,1-2H3/t22-,23+/m1/s1. The molecule has 0 radical (unpaired) electrons. The first-order chi connectivity index (χ1) is 13.0. The minimum atomic E-state index is -0.322. The van der Waals surface area contributed by atoms with Crippen molar-refractivity contribution in [2.45, 2.75) is 25.7 Å². The van der Waals surface area contributed by atoms with Gasteiger partial charge in [-0.05, 0) is 53.4 Å². The molecule has 2 nitrogen and oxygen atoms in total. The Bertz CT molecular complexity index is 884. The summed E-state index contributed by atoms with van der Waals surface area (Å²) >= 11 is 6.08. The Hall–Kier alpha value is -2.58. The molecule has 3 rings (SSSR count). The number of rotatable bonds is 6. The molecule has 0 saturated carbocycles. The first kappa shape index (κ1) is 19.2. The molecule has 138 valence electrons. The molecule has 1 N–H and O–H groups in total. The van der Waals surface area contributed by atoms with Gasteiger partial charge in [0.15, 0.2) is 5.78 Å². The summed E-state index contributed by atoms with van der Waals surface area (Å²) in [4.78, 5) is 13.5. The Morgan fingerprint density at radius 3 is 1.96 bits per heavy atom. The molecular weight excluding hydrogens is 356 g/mol. The van der Waals surface area contributed by atoms with E-state index in [2.05, 4.69) is 13.8 Å². The second-order valence-corrected chi connectivity index (χ2v) is 7.56. The topological polar surface area (TPSA) is 37.3 Å². The molecule has 0 aliphatic rings. The third-order valence-electron chi connectivity index (χ3n) is 4.93. The highest BCUT2D eigenvalue weighted by atomic mass is 35.5. The number of hydrogen-bond acceptors (Lipinski definition) is 2. The van der Waals surface area contributed by atoms with Crippen LogP contribution in [0.4, 0.5) is 0 Å². The van der Waals surface area contributed by atoms with E-state index < -0.39 is 0 Å². The molecule has 0 fully saturated rings. The molecule has 0 amide bonds. The van der Waals surface area contributed by atoms with E-state index in [1.54, 1.807) is 24.3 Å². The third-order valence-corrected chi connectivity index (χ3v) is 5.18. The lowest BCUT2D eigenvalue weighted by atomic mass is 9.72. The van der Waals surface area contributed by atoms with Crippen LogP contribution < -0.4 is 0 Å². The van der Waals surface area contributed by atoms with Crippen molar-refractivity contribution in [1.29, 1.82) is 0 Å². The summed E-state index contributed by atoms with van der Waals surface area (Å²) in [5.41, 5.74) is 2.68. The summed E-state index contributed by atoms with van der Waals surface area (Å²) in [6.45, 7) is 4.28. The molecule has 0 aliphatic heterocycles. The fourth-order valence-electron chi connectivity index (χ4n) is 3.63. The predicted octanol–water partition coefficient (Wildman–Crippen LogP) is 6.45. The number of halogens is 1. The minimum absolute atomic E-state index is 0.00553. The van der Waals surface area contributed by atoms with Crippen molar-refractivity contribution in [2.75, 3.05) is 0 Å². The Morgan fingerprint density at radius 1 is 0.815 bits per heavy atom. The second kappa shape index (κ2) is 8.41. The SMILES string of the molecule is CC(C)[C@H](c1ccc(Cl)cc1)[C@@H](C(=O)c1ccc(O)cc1)c1ccccc1. The molecule has 0 saturated heterocycles. The van der Waals surface area contributed by atoms with Crippen LogP contribution in [0.1, 0.15) is 47.2 Å². The van der Waals surface area contributed by atoms with Gasteiger partial charge in [0.25, 0.3) is 0 Å². The Kier molecular flexibility index (Phi) is 5.98. The molecule has 27 heavy (non-hydrogen) atoms. The fourth-order valence-corrected chi connectivity index (χ4v) is 3.76. The summed E-state index contributed by atoms with van der Waals surface area (Å²) in [5.74, 6) is 0.135. The van der Waals surface area contributed by atoms with Crippen molar-refractivity contribution in [3.8, 4) is 5.75 Å². The molecule has 0 spiro atoms. The van der Waals surface area contributed by atoms with Gasteiger partial charge in [0.1, 0.15) is 5.75 Å². The van der Waals surface area contributed by atoms with Crippen molar-refractivity contribution >= 4 is 17.4 Å². The summed E-state index contributed by atoms with van der Waals surface area (Å²) in [6.07, 6.45) is 0. The van der Waals surface area contributed by atoms with Gasteiger partial charge >= 0.3 is 0 Å².